The Hall–Kier alpha value is -4.25. The van der Waals surface area contributed by atoms with E-state index in [1.807, 2.05) is 6.08 Å². The quantitative estimate of drug-likeness (QED) is 0.0421. The van der Waals surface area contributed by atoms with E-state index in [4.69, 9.17) is 0 Å². The van der Waals surface area contributed by atoms with E-state index in [1.54, 1.807) is 6.08 Å². The summed E-state index contributed by atoms with van der Waals surface area (Å²) in [6, 6.07) is -0.669. The fourth-order valence-corrected chi connectivity index (χ4v) is 6.68. The van der Waals surface area contributed by atoms with Gasteiger partial charge in [-0.25, -0.2) is 0 Å². The number of rotatable bonds is 45. The average molecular weight is 904 g/mol. The van der Waals surface area contributed by atoms with Gasteiger partial charge < -0.3 is 15.5 Å². The van der Waals surface area contributed by atoms with Crippen molar-refractivity contribution in [2.24, 2.45) is 0 Å². The van der Waals surface area contributed by atoms with E-state index < -0.39 is 12.1 Å². The number of amides is 1. The van der Waals surface area contributed by atoms with Crippen LogP contribution in [0.15, 0.2) is 170 Å². The molecule has 0 radical (unpaired) electrons. The third-order valence-corrected chi connectivity index (χ3v) is 10.7. The molecule has 0 saturated heterocycles. The van der Waals surface area contributed by atoms with Crippen LogP contribution in [0.5, 0.6) is 0 Å². The first-order chi connectivity index (χ1) is 32.7. The van der Waals surface area contributed by atoms with E-state index in [2.05, 4.69) is 177 Å². The molecule has 0 aromatic heterocycles. The van der Waals surface area contributed by atoms with Crippen LogP contribution in [0, 0.1) is 0 Å². The lowest BCUT2D eigenvalue weighted by atomic mass is 10.1. The standard InChI is InChI=1S/C62H97NO3/c1-3-5-7-9-11-13-15-17-19-20-21-22-23-24-25-26-27-28-29-30-31-32-33-34-35-36-37-38-39-40-41-42-44-46-48-50-52-54-56-58-62(66)63-60(59-64)61(65)57-55-53-51-49-47-45-43-18-16-14-12-10-8-6-4-2/h5,7,11,13,16-19,21-22,24-25,27-28,30-31,33-34,36-37,39-40,42,44,47,49,55,57,60-61,64-65H,3-4,6,8-10,12,14-15,20,23,26,29,32,35,38,41,43,45-46,48,50-54,56,58-59H2,1-2H3,(H,63,66)/b7-5-,13-11-,18-16+,19-17-,22-21-,25-24-,28-27-,31-30-,34-33-,37-36-,40-39-,44-42-,49-47+,57-55+. The number of aliphatic hydroxyl groups is 2. The number of carbonyl (C=O) groups excluding carboxylic acids is 1. The van der Waals surface area contributed by atoms with Crippen LogP contribution in [-0.4, -0.2) is 34.9 Å². The van der Waals surface area contributed by atoms with Gasteiger partial charge in [0.1, 0.15) is 0 Å². The molecule has 0 fully saturated rings. The summed E-state index contributed by atoms with van der Waals surface area (Å²) in [6.07, 6.45) is 90.6. The minimum absolute atomic E-state index is 0.106. The molecule has 66 heavy (non-hydrogen) atoms. The first-order valence-electron chi connectivity index (χ1n) is 26.3. The number of aliphatic hydroxyl groups excluding tert-OH is 2. The third kappa shape index (κ3) is 50.7. The van der Waals surface area contributed by atoms with Gasteiger partial charge in [-0.2, -0.15) is 0 Å². The summed E-state index contributed by atoms with van der Waals surface area (Å²) in [5, 5.41) is 23.0. The summed E-state index contributed by atoms with van der Waals surface area (Å²) in [5.74, 6) is -0.106. The van der Waals surface area contributed by atoms with Crippen molar-refractivity contribution in [3.05, 3.63) is 170 Å². The molecule has 3 N–H and O–H groups in total. The Morgan fingerprint density at radius 3 is 1.06 bits per heavy atom. The Kier molecular flexibility index (Phi) is 51.5. The van der Waals surface area contributed by atoms with Gasteiger partial charge in [0.05, 0.1) is 18.8 Å². The Bertz CT molecular complexity index is 1490. The van der Waals surface area contributed by atoms with E-state index in [-0.39, 0.29) is 12.5 Å². The molecule has 0 aliphatic carbocycles. The normalized spacial score (nSPS) is 14.3. The monoisotopic (exact) mass is 904 g/mol. The molecule has 0 aliphatic heterocycles. The van der Waals surface area contributed by atoms with Gasteiger partial charge in [-0.05, 0) is 128 Å². The van der Waals surface area contributed by atoms with Gasteiger partial charge in [0.2, 0.25) is 5.91 Å². The second-order valence-electron chi connectivity index (χ2n) is 16.8. The molecule has 4 heteroatoms. The van der Waals surface area contributed by atoms with Crippen molar-refractivity contribution in [2.75, 3.05) is 6.61 Å². The van der Waals surface area contributed by atoms with Gasteiger partial charge in [-0.15, -0.1) is 0 Å². The first-order valence-corrected chi connectivity index (χ1v) is 26.3. The molecule has 1 amide bonds. The highest BCUT2D eigenvalue weighted by molar-refractivity contribution is 5.76. The average Bonchev–Trinajstić information content (AvgIpc) is 3.32. The molecule has 4 nitrogen and oxygen atoms in total. The van der Waals surface area contributed by atoms with E-state index in [0.29, 0.717) is 6.42 Å². The van der Waals surface area contributed by atoms with Crippen molar-refractivity contribution in [3.8, 4) is 0 Å². The van der Waals surface area contributed by atoms with E-state index in [1.165, 1.54) is 44.9 Å². The largest absolute Gasteiger partial charge is 0.394 e. The molecule has 0 bridgehead atoms. The van der Waals surface area contributed by atoms with Crippen LogP contribution in [0.3, 0.4) is 0 Å². The minimum Gasteiger partial charge on any atom is -0.394 e. The van der Waals surface area contributed by atoms with Crippen molar-refractivity contribution in [1.29, 1.82) is 0 Å². The highest BCUT2D eigenvalue weighted by Crippen LogP contribution is 2.10. The highest BCUT2D eigenvalue weighted by Gasteiger charge is 2.17. The first kappa shape index (κ1) is 61.8. The van der Waals surface area contributed by atoms with Crippen molar-refractivity contribution in [2.45, 2.75) is 206 Å². The fraction of sp³-hybridized carbons (Fsp3) is 0.532. The molecule has 0 aromatic carbocycles. The summed E-state index contributed by atoms with van der Waals surface area (Å²) in [7, 11) is 0. The Labute approximate surface area is 407 Å². The van der Waals surface area contributed by atoms with Crippen LogP contribution >= 0.6 is 0 Å². The molecule has 2 atom stereocenters. The number of carbonyl (C=O) groups is 1. The molecule has 0 heterocycles. The third-order valence-electron chi connectivity index (χ3n) is 10.7. The molecule has 0 spiro atoms. The predicted molar refractivity (Wildman–Crippen MR) is 294 cm³/mol. The zero-order chi connectivity index (χ0) is 47.7. The molecule has 2 unspecified atom stereocenters. The number of allylic oxidation sites excluding steroid dienone is 27. The Morgan fingerprint density at radius 1 is 0.379 bits per heavy atom. The van der Waals surface area contributed by atoms with Gasteiger partial charge in [0, 0.05) is 6.42 Å². The summed E-state index contributed by atoms with van der Waals surface area (Å²) >= 11 is 0. The van der Waals surface area contributed by atoms with Gasteiger partial charge in [-0.3, -0.25) is 4.79 Å². The molecule has 368 valence electrons. The maximum Gasteiger partial charge on any atom is 0.220 e. The summed E-state index contributed by atoms with van der Waals surface area (Å²) in [5.41, 5.74) is 0. The number of hydrogen-bond acceptors (Lipinski definition) is 3. The van der Waals surface area contributed by atoms with Crippen LogP contribution in [0.1, 0.15) is 194 Å². The smallest absolute Gasteiger partial charge is 0.220 e. The second-order valence-corrected chi connectivity index (χ2v) is 16.8. The summed E-state index contributed by atoms with van der Waals surface area (Å²) in [6.45, 7) is 4.13. The maximum atomic E-state index is 12.4. The lowest BCUT2D eigenvalue weighted by molar-refractivity contribution is -0.123. The molecule has 0 rings (SSSR count). The van der Waals surface area contributed by atoms with Crippen LogP contribution in [0.25, 0.3) is 0 Å². The van der Waals surface area contributed by atoms with E-state index in [0.717, 1.165) is 128 Å². The van der Waals surface area contributed by atoms with Crippen molar-refractivity contribution in [1.82, 2.24) is 5.32 Å². The van der Waals surface area contributed by atoms with E-state index >= 15 is 0 Å². The Morgan fingerprint density at radius 2 is 0.682 bits per heavy atom. The van der Waals surface area contributed by atoms with Gasteiger partial charge >= 0.3 is 0 Å². The van der Waals surface area contributed by atoms with Crippen LogP contribution < -0.4 is 5.32 Å². The number of unbranched alkanes of at least 4 members (excludes halogenated alkanes) is 12. The molecule has 0 saturated carbocycles. The summed E-state index contributed by atoms with van der Waals surface area (Å²) < 4.78 is 0. The van der Waals surface area contributed by atoms with E-state index in [9.17, 15) is 15.0 Å². The molecular weight excluding hydrogens is 807 g/mol. The Balaban J connectivity index is 3.74. The summed E-state index contributed by atoms with van der Waals surface area (Å²) in [4.78, 5) is 12.4. The SMILES string of the molecule is CC/C=C\C/C=C\C/C=C\C/C=C\C/C=C\C/C=C\C/C=C\C/C=C\C/C=C\C/C=C\C/C=C\CCCCCCCC(=O)NC(CO)C(O)/C=C/CC/C=C/CC/C=C/CCCCCCC. The van der Waals surface area contributed by atoms with Crippen LogP contribution in [0.4, 0.5) is 0 Å². The van der Waals surface area contributed by atoms with Gasteiger partial charge in [0.15, 0.2) is 0 Å². The fourth-order valence-electron chi connectivity index (χ4n) is 6.68. The number of hydrogen-bond donors (Lipinski definition) is 3. The molecule has 0 aliphatic rings. The van der Waals surface area contributed by atoms with Crippen molar-refractivity contribution in [3.63, 3.8) is 0 Å². The highest BCUT2D eigenvalue weighted by atomic mass is 16.3. The van der Waals surface area contributed by atoms with Crippen LogP contribution in [-0.2, 0) is 4.79 Å². The number of nitrogens with one attached hydrogen (secondary N) is 1. The van der Waals surface area contributed by atoms with Gasteiger partial charge in [0.25, 0.3) is 0 Å². The lowest BCUT2D eigenvalue weighted by Crippen LogP contribution is -2.45. The maximum absolute atomic E-state index is 12.4. The zero-order valence-electron chi connectivity index (χ0n) is 42.1. The minimum atomic E-state index is -0.891. The van der Waals surface area contributed by atoms with Gasteiger partial charge in [-0.1, -0.05) is 229 Å². The predicted octanol–water partition coefficient (Wildman–Crippen LogP) is 17.6. The second kappa shape index (κ2) is 55.1. The molecule has 0 aromatic rings. The van der Waals surface area contributed by atoms with Crippen molar-refractivity contribution < 1.29 is 15.0 Å². The molecular formula is C62H97NO3. The van der Waals surface area contributed by atoms with Crippen molar-refractivity contribution >= 4 is 5.91 Å². The topological polar surface area (TPSA) is 69.6 Å². The van der Waals surface area contributed by atoms with Crippen LogP contribution in [0.2, 0.25) is 0 Å². The lowest BCUT2D eigenvalue weighted by Gasteiger charge is -2.19. The zero-order valence-corrected chi connectivity index (χ0v) is 42.1.